The molecule has 0 aliphatic rings. The van der Waals surface area contributed by atoms with Crippen LogP contribution in [0.1, 0.15) is 22.3 Å². The number of amides is 1. The molecule has 0 unspecified atom stereocenters. The Morgan fingerprint density at radius 2 is 1.88 bits per heavy atom. The van der Waals surface area contributed by atoms with Gasteiger partial charge in [0.1, 0.15) is 5.75 Å². The molecule has 2 aromatic rings. The maximum atomic E-state index is 11.9. The lowest BCUT2D eigenvalue weighted by molar-refractivity contribution is -0.122. The van der Waals surface area contributed by atoms with Crippen molar-refractivity contribution in [2.24, 2.45) is 0 Å². The molecule has 0 saturated carbocycles. The van der Waals surface area contributed by atoms with Crippen molar-refractivity contribution in [3.8, 4) is 5.75 Å². The van der Waals surface area contributed by atoms with Crippen molar-refractivity contribution in [3.05, 3.63) is 63.7 Å². The van der Waals surface area contributed by atoms with Gasteiger partial charge in [0, 0.05) is 23.1 Å². The summed E-state index contributed by atoms with van der Waals surface area (Å²) >= 11 is 7.64. The van der Waals surface area contributed by atoms with Gasteiger partial charge in [-0.25, -0.2) is 0 Å². The van der Waals surface area contributed by atoms with Crippen LogP contribution >= 0.6 is 23.4 Å². The van der Waals surface area contributed by atoms with Crippen molar-refractivity contribution >= 4 is 29.3 Å². The maximum absolute atomic E-state index is 11.9. The number of carbonyl (C=O) groups is 1. The standard InChI is InChI=1S/C20H24ClNO2S/c1-14-10-15(2)16(3)19(11-14)24-12-20(23)22-8-9-25-13-17-4-6-18(21)7-5-17/h4-7,10-11H,8-9,12-13H2,1-3H3,(H,22,23). The fourth-order valence-corrected chi connectivity index (χ4v) is 3.32. The normalized spacial score (nSPS) is 10.6. The summed E-state index contributed by atoms with van der Waals surface area (Å²) in [5.74, 6) is 2.46. The van der Waals surface area contributed by atoms with Crippen molar-refractivity contribution in [3.63, 3.8) is 0 Å². The zero-order valence-corrected chi connectivity index (χ0v) is 16.5. The average molecular weight is 378 g/mol. The topological polar surface area (TPSA) is 38.3 Å². The second kappa shape index (κ2) is 9.73. The van der Waals surface area contributed by atoms with Gasteiger partial charge in [0.2, 0.25) is 0 Å². The lowest BCUT2D eigenvalue weighted by atomic mass is 10.1. The highest BCUT2D eigenvalue weighted by Crippen LogP contribution is 2.23. The molecule has 0 aromatic heterocycles. The first-order chi connectivity index (χ1) is 12.0. The molecule has 0 radical (unpaired) electrons. The Kier molecular flexibility index (Phi) is 7.66. The van der Waals surface area contributed by atoms with E-state index >= 15 is 0 Å². The number of hydrogen-bond acceptors (Lipinski definition) is 3. The Hall–Kier alpha value is -1.65. The first kappa shape index (κ1) is 19.7. The van der Waals surface area contributed by atoms with E-state index in [0.29, 0.717) is 6.54 Å². The summed E-state index contributed by atoms with van der Waals surface area (Å²) in [6.45, 7) is 6.76. The van der Waals surface area contributed by atoms with Crippen LogP contribution in [-0.4, -0.2) is 24.8 Å². The van der Waals surface area contributed by atoms with Crippen molar-refractivity contribution in [2.75, 3.05) is 18.9 Å². The van der Waals surface area contributed by atoms with Gasteiger partial charge in [-0.3, -0.25) is 4.79 Å². The van der Waals surface area contributed by atoms with Crippen LogP contribution in [0.4, 0.5) is 0 Å². The molecule has 0 heterocycles. The monoisotopic (exact) mass is 377 g/mol. The lowest BCUT2D eigenvalue weighted by Gasteiger charge is -2.12. The number of ether oxygens (including phenoxy) is 1. The highest BCUT2D eigenvalue weighted by atomic mass is 35.5. The Bertz CT molecular complexity index is 716. The van der Waals surface area contributed by atoms with E-state index in [2.05, 4.69) is 11.4 Å². The van der Waals surface area contributed by atoms with Gasteiger partial charge in [-0.2, -0.15) is 11.8 Å². The summed E-state index contributed by atoms with van der Waals surface area (Å²) in [5, 5.41) is 3.64. The number of rotatable bonds is 8. The molecule has 25 heavy (non-hydrogen) atoms. The zero-order valence-electron chi connectivity index (χ0n) is 14.9. The molecule has 3 nitrogen and oxygen atoms in total. The van der Waals surface area contributed by atoms with Crippen LogP contribution in [0.15, 0.2) is 36.4 Å². The minimum atomic E-state index is -0.0920. The van der Waals surface area contributed by atoms with Crippen LogP contribution in [0.5, 0.6) is 5.75 Å². The van der Waals surface area contributed by atoms with E-state index in [4.69, 9.17) is 16.3 Å². The minimum Gasteiger partial charge on any atom is -0.483 e. The Morgan fingerprint density at radius 1 is 1.16 bits per heavy atom. The summed E-state index contributed by atoms with van der Waals surface area (Å²) in [6, 6.07) is 11.9. The second-order valence-electron chi connectivity index (χ2n) is 6.02. The van der Waals surface area contributed by atoms with E-state index in [-0.39, 0.29) is 12.5 Å². The zero-order chi connectivity index (χ0) is 18.2. The SMILES string of the molecule is Cc1cc(C)c(C)c(OCC(=O)NCCSCc2ccc(Cl)cc2)c1. The molecule has 1 amide bonds. The average Bonchev–Trinajstić information content (AvgIpc) is 2.58. The predicted molar refractivity (Wildman–Crippen MR) is 107 cm³/mol. The van der Waals surface area contributed by atoms with Crippen molar-refractivity contribution < 1.29 is 9.53 Å². The van der Waals surface area contributed by atoms with Crippen LogP contribution in [0, 0.1) is 20.8 Å². The summed E-state index contributed by atoms with van der Waals surface area (Å²) in [4.78, 5) is 11.9. The van der Waals surface area contributed by atoms with E-state index in [9.17, 15) is 4.79 Å². The first-order valence-corrected chi connectivity index (χ1v) is 9.78. The highest BCUT2D eigenvalue weighted by Gasteiger charge is 2.07. The molecule has 0 saturated heterocycles. The molecule has 2 rings (SSSR count). The molecule has 0 spiro atoms. The van der Waals surface area contributed by atoms with Gasteiger partial charge >= 0.3 is 0 Å². The van der Waals surface area contributed by atoms with Crippen molar-refractivity contribution in [2.45, 2.75) is 26.5 Å². The summed E-state index contributed by atoms with van der Waals surface area (Å²) in [7, 11) is 0. The molecule has 0 aliphatic heterocycles. The van der Waals surface area contributed by atoms with Crippen LogP contribution in [0.3, 0.4) is 0 Å². The van der Waals surface area contributed by atoms with Crippen molar-refractivity contribution in [1.82, 2.24) is 5.32 Å². The van der Waals surface area contributed by atoms with Gasteiger partial charge in [0.15, 0.2) is 6.61 Å². The maximum Gasteiger partial charge on any atom is 0.257 e. The molecule has 2 aromatic carbocycles. The molecule has 0 bridgehead atoms. The third-order valence-corrected chi connectivity index (χ3v) is 5.16. The number of thioether (sulfide) groups is 1. The fraction of sp³-hybridized carbons (Fsp3) is 0.350. The molecular weight excluding hydrogens is 354 g/mol. The van der Waals surface area contributed by atoms with Crippen LogP contribution in [0.25, 0.3) is 0 Å². The van der Waals surface area contributed by atoms with E-state index in [0.717, 1.165) is 33.4 Å². The Labute approximate surface area is 159 Å². The summed E-state index contributed by atoms with van der Waals surface area (Å²) < 4.78 is 5.67. The van der Waals surface area contributed by atoms with Crippen molar-refractivity contribution in [1.29, 1.82) is 0 Å². The van der Waals surface area contributed by atoms with Crippen LogP contribution < -0.4 is 10.1 Å². The van der Waals surface area contributed by atoms with E-state index in [1.807, 2.05) is 51.1 Å². The molecule has 0 atom stereocenters. The van der Waals surface area contributed by atoms with Gasteiger partial charge in [0.25, 0.3) is 5.91 Å². The number of aryl methyl sites for hydroxylation is 2. The predicted octanol–water partition coefficient (Wildman–Crippen LogP) is 4.69. The molecule has 0 aliphatic carbocycles. The van der Waals surface area contributed by atoms with Gasteiger partial charge < -0.3 is 10.1 Å². The number of carbonyl (C=O) groups excluding carboxylic acids is 1. The lowest BCUT2D eigenvalue weighted by Crippen LogP contribution is -2.30. The van der Waals surface area contributed by atoms with E-state index in [1.165, 1.54) is 11.1 Å². The third kappa shape index (κ3) is 6.63. The number of hydrogen-bond donors (Lipinski definition) is 1. The smallest absolute Gasteiger partial charge is 0.257 e. The van der Waals surface area contributed by atoms with Gasteiger partial charge in [0.05, 0.1) is 0 Å². The molecular formula is C20H24ClNO2S. The second-order valence-corrected chi connectivity index (χ2v) is 7.56. The largest absolute Gasteiger partial charge is 0.483 e. The van der Waals surface area contributed by atoms with Crippen LogP contribution in [0.2, 0.25) is 5.02 Å². The fourth-order valence-electron chi connectivity index (χ4n) is 2.38. The molecule has 134 valence electrons. The first-order valence-electron chi connectivity index (χ1n) is 8.25. The Balaban J connectivity index is 1.65. The third-order valence-electron chi connectivity index (χ3n) is 3.87. The number of nitrogens with one attached hydrogen (secondary N) is 1. The van der Waals surface area contributed by atoms with E-state index in [1.54, 1.807) is 11.8 Å². The minimum absolute atomic E-state index is 0.0472. The van der Waals surface area contributed by atoms with Gasteiger partial charge in [-0.1, -0.05) is 29.8 Å². The number of benzene rings is 2. The molecule has 0 fully saturated rings. The quantitative estimate of drug-likeness (QED) is 0.678. The highest BCUT2D eigenvalue weighted by molar-refractivity contribution is 7.98. The van der Waals surface area contributed by atoms with Gasteiger partial charge in [-0.15, -0.1) is 0 Å². The van der Waals surface area contributed by atoms with Gasteiger partial charge in [-0.05, 0) is 61.2 Å². The molecule has 5 heteroatoms. The summed E-state index contributed by atoms with van der Waals surface area (Å²) in [6.07, 6.45) is 0. The Morgan fingerprint density at radius 3 is 2.60 bits per heavy atom. The molecule has 1 N–H and O–H groups in total. The summed E-state index contributed by atoms with van der Waals surface area (Å²) in [5.41, 5.74) is 4.62. The number of halogens is 1. The van der Waals surface area contributed by atoms with E-state index < -0.39 is 0 Å². The van der Waals surface area contributed by atoms with Crippen LogP contribution in [-0.2, 0) is 10.5 Å².